The van der Waals surface area contributed by atoms with Gasteiger partial charge in [0, 0.05) is 56.8 Å². The summed E-state index contributed by atoms with van der Waals surface area (Å²) < 4.78 is 5.60. The highest BCUT2D eigenvalue weighted by Crippen LogP contribution is 2.21. The molecular formula is C16H23N3O. The number of nitrogens with one attached hydrogen (secondary N) is 1. The molecule has 0 unspecified atom stereocenters. The van der Waals surface area contributed by atoms with Crippen molar-refractivity contribution in [2.24, 2.45) is 0 Å². The SMILES string of the molecule is CN(CCN1CCNCC1)Cc1coc2ccccc12. The van der Waals surface area contributed by atoms with Gasteiger partial charge in [-0.3, -0.25) is 4.90 Å². The highest BCUT2D eigenvalue weighted by atomic mass is 16.3. The van der Waals surface area contributed by atoms with Gasteiger partial charge in [-0.2, -0.15) is 0 Å². The van der Waals surface area contributed by atoms with Crippen molar-refractivity contribution in [3.63, 3.8) is 0 Å². The molecule has 1 aliphatic rings. The van der Waals surface area contributed by atoms with Crippen LogP contribution >= 0.6 is 0 Å². The summed E-state index contributed by atoms with van der Waals surface area (Å²) >= 11 is 0. The zero-order valence-corrected chi connectivity index (χ0v) is 12.1. The standard InChI is InChI=1S/C16H23N3O/c1-18(10-11-19-8-6-17-7-9-19)12-14-13-20-16-5-3-2-4-15(14)16/h2-5,13,17H,6-12H2,1H3. The molecule has 0 aliphatic carbocycles. The second-order valence-electron chi connectivity index (χ2n) is 5.59. The number of rotatable bonds is 5. The molecule has 4 nitrogen and oxygen atoms in total. The molecule has 0 spiro atoms. The number of hydrogen-bond donors (Lipinski definition) is 1. The van der Waals surface area contributed by atoms with Gasteiger partial charge in [0.15, 0.2) is 0 Å². The Morgan fingerprint density at radius 1 is 1.25 bits per heavy atom. The van der Waals surface area contributed by atoms with Crippen LogP contribution < -0.4 is 5.32 Å². The van der Waals surface area contributed by atoms with E-state index in [9.17, 15) is 0 Å². The van der Waals surface area contributed by atoms with E-state index in [1.165, 1.54) is 24.0 Å². The molecule has 4 heteroatoms. The number of likely N-dealkylation sites (N-methyl/N-ethyl adjacent to an activating group) is 1. The summed E-state index contributed by atoms with van der Waals surface area (Å²) in [5, 5.41) is 4.63. The predicted molar refractivity (Wildman–Crippen MR) is 81.9 cm³/mol. The van der Waals surface area contributed by atoms with E-state index in [1.54, 1.807) is 0 Å². The van der Waals surface area contributed by atoms with E-state index in [0.717, 1.165) is 38.3 Å². The molecule has 1 aromatic heterocycles. The Labute approximate surface area is 120 Å². The van der Waals surface area contributed by atoms with Crippen LogP contribution in [0.5, 0.6) is 0 Å². The zero-order valence-electron chi connectivity index (χ0n) is 12.1. The predicted octanol–water partition coefficient (Wildman–Crippen LogP) is 1.77. The maximum atomic E-state index is 5.60. The summed E-state index contributed by atoms with van der Waals surface area (Å²) in [7, 11) is 2.18. The fraction of sp³-hybridized carbons (Fsp3) is 0.500. The number of fused-ring (bicyclic) bond motifs is 1. The maximum Gasteiger partial charge on any atom is 0.134 e. The molecule has 1 fully saturated rings. The van der Waals surface area contributed by atoms with Crippen LogP contribution in [-0.2, 0) is 6.54 Å². The second kappa shape index (κ2) is 6.39. The van der Waals surface area contributed by atoms with Crippen LogP contribution in [0, 0.1) is 0 Å². The first-order valence-electron chi connectivity index (χ1n) is 7.39. The highest BCUT2D eigenvalue weighted by molar-refractivity contribution is 5.80. The largest absolute Gasteiger partial charge is 0.464 e. The molecule has 1 N–H and O–H groups in total. The second-order valence-corrected chi connectivity index (χ2v) is 5.59. The summed E-state index contributed by atoms with van der Waals surface area (Å²) in [5.41, 5.74) is 2.27. The minimum Gasteiger partial charge on any atom is -0.464 e. The van der Waals surface area contributed by atoms with Gasteiger partial charge in [-0.15, -0.1) is 0 Å². The number of furan rings is 1. The minimum absolute atomic E-state index is 0.948. The number of para-hydroxylation sites is 1. The molecule has 1 aromatic carbocycles. The summed E-state index contributed by atoms with van der Waals surface area (Å²) in [6.07, 6.45) is 1.89. The fourth-order valence-electron chi connectivity index (χ4n) is 2.77. The summed E-state index contributed by atoms with van der Waals surface area (Å²) in [5.74, 6) is 0. The van der Waals surface area contributed by atoms with Gasteiger partial charge in [0.25, 0.3) is 0 Å². The van der Waals surface area contributed by atoms with Gasteiger partial charge in [0.2, 0.25) is 0 Å². The van der Waals surface area contributed by atoms with Gasteiger partial charge in [-0.25, -0.2) is 0 Å². The molecule has 20 heavy (non-hydrogen) atoms. The Hall–Kier alpha value is -1.36. The normalized spacial score (nSPS) is 17.1. The van der Waals surface area contributed by atoms with E-state index >= 15 is 0 Å². The first-order chi connectivity index (χ1) is 9.83. The highest BCUT2D eigenvalue weighted by Gasteiger charge is 2.11. The van der Waals surface area contributed by atoms with E-state index in [4.69, 9.17) is 4.42 Å². The van der Waals surface area contributed by atoms with Gasteiger partial charge in [-0.05, 0) is 13.1 Å². The fourth-order valence-corrected chi connectivity index (χ4v) is 2.77. The van der Waals surface area contributed by atoms with Gasteiger partial charge >= 0.3 is 0 Å². The Balaban J connectivity index is 1.54. The van der Waals surface area contributed by atoms with Crippen molar-refractivity contribution >= 4 is 11.0 Å². The van der Waals surface area contributed by atoms with Crippen molar-refractivity contribution in [2.45, 2.75) is 6.54 Å². The third kappa shape index (κ3) is 3.20. The molecule has 0 bridgehead atoms. The van der Waals surface area contributed by atoms with E-state index in [-0.39, 0.29) is 0 Å². The lowest BCUT2D eigenvalue weighted by atomic mass is 10.1. The van der Waals surface area contributed by atoms with Crippen molar-refractivity contribution in [1.29, 1.82) is 0 Å². The third-order valence-electron chi connectivity index (χ3n) is 4.01. The zero-order chi connectivity index (χ0) is 13.8. The van der Waals surface area contributed by atoms with Crippen LogP contribution in [0.2, 0.25) is 0 Å². The lowest BCUT2D eigenvalue weighted by Gasteiger charge is -2.29. The van der Waals surface area contributed by atoms with Gasteiger partial charge in [0.05, 0.1) is 6.26 Å². The average molecular weight is 273 g/mol. The number of nitrogens with zero attached hydrogens (tertiary/aromatic N) is 2. The monoisotopic (exact) mass is 273 g/mol. The Morgan fingerprint density at radius 2 is 2.05 bits per heavy atom. The number of hydrogen-bond acceptors (Lipinski definition) is 4. The Bertz CT molecular complexity index is 545. The van der Waals surface area contributed by atoms with Crippen molar-refractivity contribution < 1.29 is 4.42 Å². The van der Waals surface area contributed by atoms with E-state index in [2.05, 4.69) is 34.3 Å². The smallest absolute Gasteiger partial charge is 0.134 e. The molecule has 0 saturated carbocycles. The number of benzene rings is 1. The van der Waals surface area contributed by atoms with Crippen LogP contribution in [0.25, 0.3) is 11.0 Å². The maximum absolute atomic E-state index is 5.60. The quantitative estimate of drug-likeness (QED) is 0.900. The lowest BCUT2D eigenvalue weighted by Crippen LogP contribution is -2.45. The van der Waals surface area contributed by atoms with E-state index in [1.807, 2.05) is 18.4 Å². The van der Waals surface area contributed by atoms with Crippen molar-refractivity contribution in [1.82, 2.24) is 15.1 Å². The van der Waals surface area contributed by atoms with Crippen LogP contribution in [-0.4, -0.2) is 56.1 Å². The first-order valence-corrected chi connectivity index (χ1v) is 7.39. The van der Waals surface area contributed by atoms with Crippen LogP contribution in [0.1, 0.15) is 5.56 Å². The molecule has 2 aromatic rings. The first kappa shape index (κ1) is 13.6. The molecule has 0 atom stereocenters. The topological polar surface area (TPSA) is 31.6 Å². The van der Waals surface area contributed by atoms with Crippen LogP contribution in [0.4, 0.5) is 0 Å². The van der Waals surface area contributed by atoms with Gasteiger partial charge in [-0.1, -0.05) is 18.2 Å². The van der Waals surface area contributed by atoms with Crippen molar-refractivity contribution in [3.8, 4) is 0 Å². The van der Waals surface area contributed by atoms with E-state index in [0.29, 0.717) is 0 Å². The Morgan fingerprint density at radius 3 is 2.90 bits per heavy atom. The molecule has 0 amide bonds. The number of piperazine rings is 1. The summed E-state index contributed by atoms with van der Waals surface area (Å²) in [6, 6.07) is 8.25. The molecule has 2 heterocycles. The van der Waals surface area contributed by atoms with E-state index < -0.39 is 0 Å². The molecule has 3 rings (SSSR count). The third-order valence-corrected chi connectivity index (χ3v) is 4.01. The van der Waals surface area contributed by atoms with Crippen molar-refractivity contribution in [2.75, 3.05) is 46.3 Å². The molecule has 108 valence electrons. The Kier molecular flexibility index (Phi) is 4.35. The molecule has 0 radical (unpaired) electrons. The minimum atomic E-state index is 0.948. The average Bonchev–Trinajstić information content (AvgIpc) is 2.90. The van der Waals surface area contributed by atoms with Crippen LogP contribution in [0.15, 0.2) is 34.9 Å². The van der Waals surface area contributed by atoms with Crippen LogP contribution in [0.3, 0.4) is 0 Å². The van der Waals surface area contributed by atoms with Gasteiger partial charge in [0.1, 0.15) is 5.58 Å². The summed E-state index contributed by atoms with van der Waals surface area (Å²) in [6.45, 7) is 7.77. The molecule has 1 saturated heterocycles. The lowest BCUT2D eigenvalue weighted by molar-refractivity contribution is 0.202. The van der Waals surface area contributed by atoms with Gasteiger partial charge < -0.3 is 14.6 Å². The molecule has 1 aliphatic heterocycles. The van der Waals surface area contributed by atoms with Crippen molar-refractivity contribution in [3.05, 3.63) is 36.1 Å². The molecular weight excluding hydrogens is 250 g/mol. The summed E-state index contributed by atoms with van der Waals surface area (Å²) in [4.78, 5) is 4.90.